The predicted octanol–water partition coefficient (Wildman–Crippen LogP) is 5.22. The summed E-state index contributed by atoms with van der Waals surface area (Å²) in [5, 5.41) is 6.95. The predicted molar refractivity (Wildman–Crippen MR) is 153 cm³/mol. The second-order valence-corrected chi connectivity index (χ2v) is 10.1. The van der Waals surface area contributed by atoms with Crippen molar-refractivity contribution < 1.29 is 46.5 Å². The standard InChI is InChI=1S/C29H27F2N3O8S/c1-36-22-8-16(9-23(37-2)27(22)38-3)19-13-21(42-34-19)15-6-7-29(39-4,40-5)25(10-15)41-14-26(35)33-28-32-20-11-17(30)18(31)12-24(20)43-28/h6-13,25H,14H2,1-5H3,(H,32,33,35). The zero-order chi connectivity index (χ0) is 30.7. The van der Waals surface area contributed by atoms with Crippen LogP contribution in [-0.2, 0) is 19.0 Å². The molecule has 0 radical (unpaired) electrons. The average molecular weight is 616 g/mol. The first-order chi connectivity index (χ1) is 20.7. The third-order valence-corrected chi connectivity index (χ3v) is 7.62. The smallest absolute Gasteiger partial charge is 0.252 e. The molecule has 0 spiro atoms. The van der Waals surface area contributed by atoms with Crippen molar-refractivity contribution in [3.05, 3.63) is 66.0 Å². The van der Waals surface area contributed by atoms with Gasteiger partial charge in [-0.25, -0.2) is 13.8 Å². The summed E-state index contributed by atoms with van der Waals surface area (Å²) in [6.45, 7) is -0.414. The van der Waals surface area contributed by atoms with Crippen molar-refractivity contribution in [1.82, 2.24) is 10.1 Å². The fraction of sp³-hybridized carbons (Fsp3) is 0.276. The average Bonchev–Trinajstić information content (AvgIpc) is 3.66. The van der Waals surface area contributed by atoms with E-state index in [2.05, 4.69) is 15.5 Å². The Morgan fingerprint density at radius 2 is 1.70 bits per heavy atom. The summed E-state index contributed by atoms with van der Waals surface area (Å²) in [4.78, 5) is 16.9. The number of fused-ring (bicyclic) bond motifs is 1. The van der Waals surface area contributed by atoms with Crippen LogP contribution in [0.1, 0.15) is 5.76 Å². The lowest BCUT2D eigenvalue weighted by Gasteiger charge is -2.36. The molecule has 0 saturated heterocycles. The molecule has 226 valence electrons. The Balaban J connectivity index is 1.35. The number of nitrogens with one attached hydrogen (secondary N) is 1. The van der Waals surface area contributed by atoms with E-state index in [0.717, 1.165) is 23.5 Å². The Kier molecular flexibility index (Phi) is 8.73. The van der Waals surface area contributed by atoms with Crippen LogP contribution in [0.2, 0.25) is 0 Å². The van der Waals surface area contributed by atoms with Crippen LogP contribution in [0.5, 0.6) is 17.2 Å². The lowest BCUT2D eigenvalue weighted by atomic mass is 9.96. The number of hydrogen-bond donors (Lipinski definition) is 1. The second kappa shape index (κ2) is 12.5. The van der Waals surface area contributed by atoms with Crippen LogP contribution in [0.3, 0.4) is 0 Å². The normalized spacial score (nSPS) is 15.8. The zero-order valence-electron chi connectivity index (χ0n) is 23.7. The molecule has 0 bridgehead atoms. The number of ether oxygens (including phenoxy) is 6. The van der Waals surface area contributed by atoms with Crippen LogP contribution < -0.4 is 19.5 Å². The van der Waals surface area contributed by atoms with Gasteiger partial charge in [0.1, 0.15) is 18.4 Å². The Labute approximate surface area is 248 Å². The SMILES string of the molecule is COc1cc(-c2cc(C3=CC(OCC(=O)Nc4nc5cc(F)c(F)cc5s4)C(OC)(OC)C=C3)on2)cc(OC)c1OC. The molecule has 11 nitrogen and oxygen atoms in total. The Morgan fingerprint density at radius 1 is 1.00 bits per heavy atom. The van der Waals surface area contributed by atoms with Gasteiger partial charge in [0.05, 0.1) is 31.5 Å². The molecule has 1 aliphatic rings. The van der Waals surface area contributed by atoms with Gasteiger partial charge in [-0.1, -0.05) is 16.5 Å². The molecule has 1 unspecified atom stereocenters. The fourth-order valence-corrected chi connectivity index (χ4v) is 5.38. The fourth-order valence-electron chi connectivity index (χ4n) is 4.49. The van der Waals surface area contributed by atoms with Crippen LogP contribution in [0.4, 0.5) is 13.9 Å². The third kappa shape index (κ3) is 5.95. The number of anilines is 1. The van der Waals surface area contributed by atoms with E-state index in [4.69, 9.17) is 32.9 Å². The van der Waals surface area contributed by atoms with Gasteiger partial charge in [0.15, 0.2) is 34.0 Å². The molecule has 0 aliphatic heterocycles. The quantitative estimate of drug-likeness (QED) is 0.225. The second-order valence-electron chi connectivity index (χ2n) is 9.11. The summed E-state index contributed by atoms with van der Waals surface area (Å²) >= 11 is 1.00. The van der Waals surface area contributed by atoms with Gasteiger partial charge in [0, 0.05) is 37.5 Å². The van der Waals surface area contributed by atoms with E-state index in [1.54, 1.807) is 36.4 Å². The highest BCUT2D eigenvalue weighted by atomic mass is 32.1. The van der Waals surface area contributed by atoms with Gasteiger partial charge in [-0.05, 0) is 36.4 Å². The van der Waals surface area contributed by atoms with E-state index in [9.17, 15) is 13.6 Å². The summed E-state index contributed by atoms with van der Waals surface area (Å²) in [5.41, 5.74) is 1.99. The topological polar surface area (TPSA) is 123 Å². The Hall–Kier alpha value is -4.37. The summed E-state index contributed by atoms with van der Waals surface area (Å²) in [6.07, 6.45) is 4.17. The highest BCUT2D eigenvalue weighted by Gasteiger charge is 2.40. The number of halogens is 2. The number of amides is 1. The van der Waals surface area contributed by atoms with Crippen molar-refractivity contribution in [3.63, 3.8) is 0 Å². The number of nitrogens with zero attached hydrogens (tertiary/aromatic N) is 2. The van der Waals surface area contributed by atoms with E-state index >= 15 is 0 Å². The van der Waals surface area contributed by atoms with Crippen LogP contribution in [0.25, 0.3) is 27.0 Å². The van der Waals surface area contributed by atoms with Crippen molar-refractivity contribution in [2.24, 2.45) is 0 Å². The molecular formula is C29H27F2N3O8S. The summed E-state index contributed by atoms with van der Waals surface area (Å²) in [6, 6.07) is 7.22. The van der Waals surface area contributed by atoms with Crippen molar-refractivity contribution in [3.8, 4) is 28.5 Å². The van der Waals surface area contributed by atoms with E-state index in [1.807, 2.05) is 0 Å². The summed E-state index contributed by atoms with van der Waals surface area (Å²) < 4.78 is 66.5. The number of aromatic nitrogens is 2. The first-order valence-electron chi connectivity index (χ1n) is 12.7. The minimum atomic E-state index is -1.34. The molecule has 14 heteroatoms. The van der Waals surface area contributed by atoms with E-state index < -0.39 is 36.0 Å². The molecule has 1 amide bonds. The molecule has 2 aromatic carbocycles. The number of allylic oxidation sites excluding steroid dienone is 2. The molecule has 4 aromatic rings. The molecular weight excluding hydrogens is 588 g/mol. The van der Waals surface area contributed by atoms with Crippen LogP contribution in [-0.4, -0.2) is 70.1 Å². The van der Waals surface area contributed by atoms with Crippen LogP contribution >= 0.6 is 11.3 Å². The third-order valence-electron chi connectivity index (χ3n) is 6.69. The first kappa shape index (κ1) is 30.1. The van der Waals surface area contributed by atoms with Crippen molar-refractivity contribution in [2.45, 2.75) is 11.9 Å². The van der Waals surface area contributed by atoms with Crippen LogP contribution in [0, 0.1) is 11.6 Å². The van der Waals surface area contributed by atoms with E-state index in [1.165, 1.54) is 35.5 Å². The van der Waals surface area contributed by atoms with Gasteiger partial charge in [0.25, 0.3) is 5.91 Å². The Morgan fingerprint density at radius 3 is 2.35 bits per heavy atom. The zero-order valence-corrected chi connectivity index (χ0v) is 24.5. The monoisotopic (exact) mass is 615 g/mol. The number of thiazole rings is 1. The molecule has 0 fully saturated rings. The maximum absolute atomic E-state index is 13.6. The summed E-state index contributed by atoms with van der Waals surface area (Å²) in [5.74, 6) is -2.13. The van der Waals surface area contributed by atoms with E-state index in [0.29, 0.717) is 44.5 Å². The van der Waals surface area contributed by atoms with Crippen molar-refractivity contribution in [2.75, 3.05) is 47.5 Å². The Bertz CT molecular complexity index is 1650. The highest BCUT2D eigenvalue weighted by molar-refractivity contribution is 7.22. The van der Waals surface area contributed by atoms with Crippen molar-refractivity contribution in [1.29, 1.82) is 0 Å². The molecule has 5 rings (SSSR count). The minimum Gasteiger partial charge on any atom is -0.493 e. The maximum atomic E-state index is 13.6. The maximum Gasteiger partial charge on any atom is 0.252 e. The number of carbonyl (C=O) groups excluding carboxylic acids is 1. The van der Waals surface area contributed by atoms with Gasteiger partial charge in [-0.15, -0.1) is 0 Å². The largest absolute Gasteiger partial charge is 0.493 e. The van der Waals surface area contributed by atoms with Crippen molar-refractivity contribution >= 4 is 38.2 Å². The van der Waals surface area contributed by atoms with E-state index in [-0.39, 0.29) is 10.6 Å². The molecule has 1 N–H and O–H groups in total. The van der Waals surface area contributed by atoms with Gasteiger partial charge < -0.3 is 32.9 Å². The first-order valence-corrected chi connectivity index (χ1v) is 13.5. The molecule has 2 aromatic heterocycles. The van der Waals surface area contributed by atoms with Crippen LogP contribution in [0.15, 0.2) is 53.1 Å². The molecule has 1 atom stereocenters. The minimum absolute atomic E-state index is 0.166. The number of hydrogen-bond acceptors (Lipinski definition) is 11. The summed E-state index contributed by atoms with van der Waals surface area (Å²) in [7, 11) is 7.45. The number of benzene rings is 2. The number of methoxy groups -OCH3 is 5. The van der Waals surface area contributed by atoms with Gasteiger partial charge in [-0.2, -0.15) is 0 Å². The number of carbonyl (C=O) groups is 1. The lowest BCUT2D eigenvalue weighted by Crippen LogP contribution is -2.47. The molecule has 43 heavy (non-hydrogen) atoms. The van der Waals surface area contributed by atoms with Gasteiger partial charge >= 0.3 is 0 Å². The molecule has 1 aliphatic carbocycles. The lowest BCUT2D eigenvalue weighted by molar-refractivity contribution is -0.225. The molecule has 2 heterocycles. The number of rotatable bonds is 11. The highest BCUT2D eigenvalue weighted by Crippen LogP contribution is 2.41. The van der Waals surface area contributed by atoms with Gasteiger partial charge in [-0.3, -0.25) is 10.1 Å². The molecule has 0 saturated carbocycles. The van der Waals surface area contributed by atoms with Gasteiger partial charge in [0.2, 0.25) is 11.5 Å².